The van der Waals surface area contributed by atoms with Crippen LogP contribution >= 0.6 is 23.2 Å². The molecule has 1 saturated heterocycles. The number of benzene rings is 2. The van der Waals surface area contributed by atoms with Crippen molar-refractivity contribution < 1.29 is 14.4 Å². The van der Waals surface area contributed by atoms with Crippen LogP contribution < -0.4 is 10.6 Å². The maximum Gasteiger partial charge on any atom is 0.325 e. The molecule has 0 spiro atoms. The minimum atomic E-state index is -1.20. The van der Waals surface area contributed by atoms with E-state index in [2.05, 4.69) is 10.6 Å². The highest BCUT2D eigenvalue weighted by molar-refractivity contribution is 6.35. The molecule has 0 aromatic heterocycles. The van der Waals surface area contributed by atoms with E-state index in [-0.39, 0.29) is 13.1 Å². The molecule has 2 aromatic rings. The number of hydrogen-bond acceptors (Lipinski definition) is 3. The van der Waals surface area contributed by atoms with Gasteiger partial charge in [0.05, 0.1) is 0 Å². The summed E-state index contributed by atoms with van der Waals surface area (Å²) < 4.78 is 0. The number of hydrogen-bond donors (Lipinski definition) is 2. The Morgan fingerprint density at radius 2 is 1.82 bits per heavy atom. The van der Waals surface area contributed by atoms with Crippen LogP contribution in [0.25, 0.3) is 0 Å². The summed E-state index contributed by atoms with van der Waals surface area (Å²) in [5.41, 5.74) is 1.18. The zero-order chi connectivity index (χ0) is 20.5. The van der Waals surface area contributed by atoms with Crippen LogP contribution in [0.1, 0.15) is 23.6 Å². The van der Waals surface area contributed by atoms with Gasteiger partial charge >= 0.3 is 6.03 Å². The van der Waals surface area contributed by atoms with Gasteiger partial charge in [-0.1, -0.05) is 59.1 Å². The van der Waals surface area contributed by atoms with Crippen LogP contribution in [0.4, 0.5) is 4.79 Å². The summed E-state index contributed by atoms with van der Waals surface area (Å²) in [5.74, 6) is -0.941. The second kappa shape index (κ2) is 7.81. The highest BCUT2D eigenvalue weighted by atomic mass is 35.5. The first-order valence-electron chi connectivity index (χ1n) is 8.62. The predicted octanol–water partition coefficient (Wildman–Crippen LogP) is 3.39. The molecule has 1 aliphatic heterocycles. The Morgan fingerprint density at radius 3 is 2.46 bits per heavy atom. The van der Waals surface area contributed by atoms with Crippen LogP contribution in [0.2, 0.25) is 10.0 Å². The normalized spacial score (nSPS) is 18.9. The lowest BCUT2D eigenvalue weighted by Gasteiger charge is -2.22. The van der Waals surface area contributed by atoms with Gasteiger partial charge in [0, 0.05) is 16.6 Å². The molecule has 1 unspecified atom stereocenters. The van der Waals surface area contributed by atoms with Crippen molar-refractivity contribution in [3.05, 3.63) is 69.2 Å². The van der Waals surface area contributed by atoms with Gasteiger partial charge in [0.1, 0.15) is 12.1 Å². The zero-order valence-electron chi connectivity index (χ0n) is 15.4. The molecule has 3 rings (SSSR count). The Bertz CT molecular complexity index is 946. The number of urea groups is 1. The highest BCUT2D eigenvalue weighted by Gasteiger charge is 2.49. The average molecular weight is 420 g/mol. The van der Waals surface area contributed by atoms with Crippen molar-refractivity contribution in [2.24, 2.45) is 0 Å². The summed E-state index contributed by atoms with van der Waals surface area (Å²) in [6, 6.07) is 11.7. The van der Waals surface area contributed by atoms with Crippen molar-refractivity contribution in [2.75, 3.05) is 6.54 Å². The summed E-state index contributed by atoms with van der Waals surface area (Å²) in [4.78, 5) is 38.4. The second-order valence-electron chi connectivity index (χ2n) is 6.82. The fourth-order valence-electron chi connectivity index (χ4n) is 2.98. The molecule has 1 fully saturated rings. The minimum Gasteiger partial charge on any atom is -0.350 e. The van der Waals surface area contributed by atoms with Gasteiger partial charge < -0.3 is 10.6 Å². The lowest BCUT2D eigenvalue weighted by Crippen LogP contribution is -2.43. The number of rotatable bonds is 5. The van der Waals surface area contributed by atoms with Crippen LogP contribution in [0.3, 0.4) is 0 Å². The summed E-state index contributed by atoms with van der Waals surface area (Å²) in [6.07, 6.45) is 0. The van der Waals surface area contributed by atoms with Crippen molar-refractivity contribution >= 4 is 41.0 Å². The van der Waals surface area contributed by atoms with Gasteiger partial charge in [-0.15, -0.1) is 0 Å². The van der Waals surface area contributed by atoms with Gasteiger partial charge in [0.25, 0.3) is 5.91 Å². The Morgan fingerprint density at radius 1 is 1.14 bits per heavy atom. The summed E-state index contributed by atoms with van der Waals surface area (Å²) in [6.45, 7) is 3.35. The molecular formula is C20H19Cl2N3O3. The lowest BCUT2D eigenvalue weighted by atomic mass is 9.91. The third-order valence-electron chi connectivity index (χ3n) is 4.70. The van der Waals surface area contributed by atoms with E-state index in [9.17, 15) is 14.4 Å². The van der Waals surface area contributed by atoms with Gasteiger partial charge in [-0.2, -0.15) is 0 Å². The van der Waals surface area contributed by atoms with Gasteiger partial charge in [-0.05, 0) is 37.1 Å². The number of nitrogens with zero attached hydrogens (tertiary/aromatic N) is 1. The smallest absolute Gasteiger partial charge is 0.325 e. The first kappa shape index (κ1) is 20.2. The molecule has 1 aliphatic rings. The van der Waals surface area contributed by atoms with E-state index in [0.717, 1.165) is 10.5 Å². The first-order chi connectivity index (χ1) is 13.2. The zero-order valence-corrected chi connectivity index (χ0v) is 16.9. The first-order valence-corrected chi connectivity index (χ1v) is 9.38. The van der Waals surface area contributed by atoms with E-state index in [4.69, 9.17) is 23.2 Å². The maximum atomic E-state index is 12.9. The molecule has 0 radical (unpaired) electrons. The Hall–Kier alpha value is -2.57. The number of halogens is 2. The van der Waals surface area contributed by atoms with E-state index in [1.807, 2.05) is 19.1 Å². The molecule has 1 atom stereocenters. The SMILES string of the molecule is Cc1ccc(C2(C)NC(=O)N(CC(=O)NCc3ccc(Cl)cc3Cl)C2=O)cc1. The van der Waals surface area contributed by atoms with E-state index in [1.54, 1.807) is 37.3 Å². The molecule has 6 nitrogen and oxygen atoms in total. The van der Waals surface area contributed by atoms with Gasteiger partial charge in [-0.3, -0.25) is 14.5 Å². The minimum absolute atomic E-state index is 0.160. The molecular weight excluding hydrogens is 401 g/mol. The van der Waals surface area contributed by atoms with Gasteiger partial charge in [-0.25, -0.2) is 4.79 Å². The number of aryl methyl sites for hydroxylation is 1. The summed E-state index contributed by atoms with van der Waals surface area (Å²) in [7, 11) is 0. The standard InChI is InChI=1S/C20H19Cl2N3O3/c1-12-3-6-14(7-4-12)20(2)18(27)25(19(28)24-20)11-17(26)23-10-13-5-8-15(21)9-16(13)22/h3-9H,10-11H2,1-2H3,(H,23,26)(H,24,28). The number of carbonyl (C=O) groups is 3. The third-order valence-corrected chi connectivity index (χ3v) is 5.28. The van der Waals surface area contributed by atoms with Crippen LogP contribution in [0.15, 0.2) is 42.5 Å². The molecule has 8 heteroatoms. The maximum absolute atomic E-state index is 12.9. The van der Waals surface area contributed by atoms with Crippen molar-refractivity contribution in [3.8, 4) is 0 Å². The molecule has 0 aliphatic carbocycles. The fraction of sp³-hybridized carbons (Fsp3) is 0.250. The fourth-order valence-corrected chi connectivity index (χ4v) is 3.46. The molecule has 0 saturated carbocycles. The molecule has 0 bridgehead atoms. The molecule has 146 valence electrons. The van der Waals surface area contributed by atoms with Crippen molar-refractivity contribution in [1.82, 2.24) is 15.5 Å². The highest BCUT2D eigenvalue weighted by Crippen LogP contribution is 2.29. The largest absolute Gasteiger partial charge is 0.350 e. The molecule has 2 aromatic carbocycles. The average Bonchev–Trinajstić information content (AvgIpc) is 2.85. The van der Waals surface area contributed by atoms with Crippen LogP contribution in [0.5, 0.6) is 0 Å². The van der Waals surface area contributed by atoms with Gasteiger partial charge in [0.15, 0.2) is 0 Å². The summed E-state index contributed by atoms with van der Waals surface area (Å²) >= 11 is 11.9. The van der Waals surface area contributed by atoms with Crippen molar-refractivity contribution in [3.63, 3.8) is 0 Å². The predicted molar refractivity (Wildman–Crippen MR) is 107 cm³/mol. The monoisotopic (exact) mass is 419 g/mol. The molecule has 2 N–H and O–H groups in total. The lowest BCUT2D eigenvalue weighted by molar-refractivity contribution is -0.134. The molecule has 28 heavy (non-hydrogen) atoms. The van der Waals surface area contributed by atoms with E-state index in [1.165, 1.54) is 0 Å². The van der Waals surface area contributed by atoms with Crippen LogP contribution in [-0.2, 0) is 21.7 Å². The summed E-state index contributed by atoms with van der Waals surface area (Å²) in [5, 5.41) is 6.26. The molecule has 1 heterocycles. The van der Waals surface area contributed by atoms with E-state index >= 15 is 0 Å². The second-order valence-corrected chi connectivity index (χ2v) is 7.67. The topological polar surface area (TPSA) is 78.5 Å². The number of imide groups is 1. The Balaban J connectivity index is 1.66. The van der Waals surface area contributed by atoms with Crippen molar-refractivity contribution in [1.29, 1.82) is 0 Å². The Kier molecular flexibility index (Phi) is 5.63. The van der Waals surface area contributed by atoms with Crippen LogP contribution in [0, 0.1) is 6.92 Å². The number of nitrogens with one attached hydrogen (secondary N) is 2. The van der Waals surface area contributed by atoms with E-state index in [0.29, 0.717) is 21.2 Å². The van der Waals surface area contributed by atoms with E-state index < -0.39 is 23.4 Å². The number of carbonyl (C=O) groups excluding carboxylic acids is 3. The quantitative estimate of drug-likeness (QED) is 0.728. The Labute approximate surface area is 172 Å². The van der Waals surface area contributed by atoms with Crippen molar-refractivity contribution in [2.45, 2.75) is 25.9 Å². The molecule has 4 amide bonds. The third kappa shape index (κ3) is 3.98. The number of amides is 4. The van der Waals surface area contributed by atoms with Crippen LogP contribution in [-0.4, -0.2) is 29.3 Å². The van der Waals surface area contributed by atoms with Gasteiger partial charge in [0.2, 0.25) is 5.91 Å².